The van der Waals surface area contributed by atoms with Gasteiger partial charge in [0.2, 0.25) is 0 Å². The summed E-state index contributed by atoms with van der Waals surface area (Å²) in [6.07, 6.45) is 1.79. The van der Waals surface area contributed by atoms with E-state index in [-0.39, 0.29) is 6.61 Å². The van der Waals surface area contributed by atoms with Crippen molar-refractivity contribution in [2.45, 2.75) is 18.4 Å². The van der Waals surface area contributed by atoms with Gasteiger partial charge in [-0.25, -0.2) is 0 Å². The molecule has 2 rings (SSSR count). The van der Waals surface area contributed by atoms with Crippen molar-refractivity contribution in [1.82, 2.24) is 0 Å². The van der Waals surface area contributed by atoms with E-state index in [1.54, 1.807) is 0 Å². The Morgan fingerprint density at radius 1 is 1.54 bits per heavy atom. The quantitative estimate of drug-likeness (QED) is 0.784. The standard InChI is InChI=1S/C10H12BrNO/c11-9-3-1-2-8-7(9)4-5-10(8,12)6-13/h1-3,13H,4-6,12H2. The molecule has 0 saturated heterocycles. The molecule has 1 atom stereocenters. The predicted molar refractivity (Wildman–Crippen MR) is 55.4 cm³/mol. The van der Waals surface area contributed by atoms with Gasteiger partial charge in [0, 0.05) is 4.47 Å². The summed E-state index contributed by atoms with van der Waals surface area (Å²) in [4.78, 5) is 0. The number of aliphatic hydroxyl groups is 1. The van der Waals surface area contributed by atoms with Crippen LogP contribution in [0.1, 0.15) is 17.5 Å². The molecule has 0 heterocycles. The van der Waals surface area contributed by atoms with Crippen molar-refractivity contribution in [3.8, 4) is 0 Å². The molecule has 0 saturated carbocycles. The zero-order valence-electron chi connectivity index (χ0n) is 7.26. The molecule has 0 bridgehead atoms. The number of hydrogen-bond donors (Lipinski definition) is 2. The van der Waals surface area contributed by atoms with Crippen molar-refractivity contribution in [2.75, 3.05) is 6.61 Å². The molecule has 1 aliphatic rings. The summed E-state index contributed by atoms with van der Waals surface area (Å²) in [6.45, 7) is 0.0243. The number of hydrogen-bond acceptors (Lipinski definition) is 2. The minimum absolute atomic E-state index is 0.0243. The summed E-state index contributed by atoms with van der Waals surface area (Å²) in [5, 5.41) is 9.22. The monoisotopic (exact) mass is 241 g/mol. The second-order valence-electron chi connectivity index (χ2n) is 3.58. The zero-order chi connectivity index (χ0) is 9.47. The van der Waals surface area contributed by atoms with E-state index >= 15 is 0 Å². The van der Waals surface area contributed by atoms with Crippen molar-refractivity contribution in [2.24, 2.45) is 5.73 Å². The summed E-state index contributed by atoms with van der Waals surface area (Å²) < 4.78 is 1.10. The average molecular weight is 242 g/mol. The van der Waals surface area contributed by atoms with Crippen LogP contribution in [-0.2, 0) is 12.0 Å². The van der Waals surface area contributed by atoms with E-state index in [1.807, 2.05) is 18.2 Å². The maximum absolute atomic E-state index is 9.22. The van der Waals surface area contributed by atoms with Gasteiger partial charge in [0.15, 0.2) is 0 Å². The lowest BCUT2D eigenvalue weighted by molar-refractivity contribution is 0.197. The van der Waals surface area contributed by atoms with Crippen molar-refractivity contribution >= 4 is 15.9 Å². The molecule has 0 spiro atoms. The molecule has 0 aromatic heterocycles. The first-order valence-electron chi connectivity index (χ1n) is 4.35. The van der Waals surface area contributed by atoms with Gasteiger partial charge in [0.05, 0.1) is 12.1 Å². The van der Waals surface area contributed by atoms with E-state index in [4.69, 9.17) is 5.73 Å². The van der Waals surface area contributed by atoms with Crippen molar-refractivity contribution in [3.05, 3.63) is 33.8 Å². The predicted octanol–water partition coefficient (Wildman–Crippen LogP) is 1.54. The Morgan fingerprint density at radius 2 is 2.31 bits per heavy atom. The molecule has 0 aliphatic heterocycles. The van der Waals surface area contributed by atoms with Gasteiger partial charge in [0.25, 0.3) is 0 Å². The zero-order valence-corrected chi connectivity index (χ0v) is 8.84. The van der Waals surface area contributed by atoms with Crippen LogP contribution in [0.25, 0.3) is 0 Å². The highest BCUT2D eigenvalue weighted by Crippen LogP contribution is 2.37. The Balaban J connectivity index is 2.55. The molecular weight excluding hydrogens is 230 g/mol. The molecule has 13 heavy (non-hydrogen) atoms. The fraction of sp³-hybridized carbons (Fsp3) is 0.400. The van der Waals surface area contributed by atoms with E-state index in [0.29, 0.717) is 0 Å². The van der Waals surface area contributed by atoms with Crippen LogP contribution in [0.15, 0.2) is 22.7 Å². The SMILES string of the molecule is NC1(CO)CCc2c(Br)cccc21. The summed E-state index contributed by atoms with van der Waals surface area (Å²) in [6, 6.07) is 5.98. The van der Waals surface area contributed by atoms with Crippen LogP contribution >= 0.6 is 15.9 Å². The largest absolute Gasteiger partial charge is 0.394 e. The van der Waals surface area contributed by atoms with Crippen molar-refractivity contribution < 1.29 is 5.11 Å². The summed E-state index contributed by atoms with van der Waals surface area (Å²) >= 11 is 3.49. The van der Waals surface area contributed by atoms with E-state index < -0.39 is 5.54 Å². The van der Waals surface area contributed by atoms with Gasteiger partial charge in [-0.3, -0.25) is 0 Å². The topological polar surface area (TPSA) is 46.2 Å². The lowest BCUT2D eigenvalue weighted by atomic mass is 9.94. The number of benzene rings is 1. The third-order valence-electron chi connectivity index (χ3n) is 2.76. The maximum atomic E-state index is 9.22. The van der Waals surface area contributed by atoms with Gasteiger partial charge in [-0.1, -0.05) is 28.1 Å². The van der Waals surface area contributed by atoms with E-state index in [9.17, 15) is 5.11 Å². The number of fused-ring (bicyclic) bond motifs is 1. The third kappa shape index (κ3) is 1.31. The number of rotatable bonds is 1. The number of halogens is 1. The van der Waals surface area contributed by atoms with Gasteiger partial charge in [-0.2, -0.15) is 0 Å². The molecular formula is C10H12BrNO. The van der Waals surface area contributed by atoms with Gasteiger partial charge >= 0.3 is 0 Å². The maximum Gasteiger partial charge on any atom is 0.0653 e. The number of nitrogens with two attached hydrogens (primary N) is 1. The molecule has 70 valence electrons. The minimum Gasteiger partial charge on any atom is -0.394 e. The highest BCUT2D eigenvalue weighted by atomic mass is 79.9. The van der Waals surface area contributed by atoms with Crippen LogP contribution in [-0.4, -0.2) is 11.7 Å². The van der Waals surface area contributed by atoms with Crippen molar-refractivity contribution in [3.63, 3.8) is 0 Å². The van der Waals surface area contributed by atoms with Crippen LogP contribution in [0.3, 0.4) is 0 Å². The second-order valence-corrected chi connectivity index (χ2v) is 4.43. The summed E-state index contributed by atoms with van der Waals surface area (Å²) in [7, 11) is 0. The highest BCUT2D eigenvalue weighted by molar-refractivity contribution is 9.10. The van der Waals surface area contributed by atoms with E-state index in [2.05, 4.69) is 15.9 Å². The summed E-state index contributed by atoms with van der Waals surface area (Å²) in [5.74, 6) is 0. The highest BCUT2D eigenvalue weighted by Gasteiger charge is 2.34. The van der Waals surface area contributed by atoms with Crippen LogP contribution < -0.4 is 5.73 Å². The van der Waals surface area contributed by atoms with E-state index in [0.717, 1.165) is 22.9 Å². The van der Waals surface area contributed by atoms with Gasteiger partial charge in [-0.15, -0.1) is 0 Å². The second kappa shape index (κ2) is 3.08. The van der Waals surface area contributed by atoms with Gasteiger partial charge in [-0.05, 0) is 30.0 Å². The molecule has 3 N–H and O–H groups in total. The van der Waals surface area contributed by atoms with Gasteiger partial charge < -0.3 is 10.8 Å². The molecule has 1 aromatic rings. The molecule has 1 aromatic carbocycles. The van der Waals surface area contributed by atoms with Crippen LogP contribution in [0.4, 0.5) is 0 Å². The molecule has 0 fully saturated rings. The van der Waals surface area contributed by atoms with Crippen LogP contribution in [0.5, 0.6) is 0 Å². The smallest absolute Gasteiger partial charge is 0.0653 e. The fourth-order valence-electron chi connectivity index (χ4n) is 1.93. The Bertz CT molecular complexity index is 340. The molecule has 3 heteroatoms. The lowest BCUT2D eigenvalue weighted by Crippen LogP contribution is -2.37. The third-order valence-corrected chi connectivity index (χ3v) is 3.50. The lowest BCUT2D eigenvalue weighted by Gasteiger charge is -2.22. The van der Waals surface area contributed by atoms with Crippen LogP contribution in [0, 0.1) is 0 Å². The molecule has 1 unspecified atom stereocenters. The Morgan fingerprint density at radius 3 is 3.00 bits per heavy atom. The first kappa shape index (κ1) is 9.19. The molecule has 1 aliphatic carbocycles. The first-order chi connectivity index (χ1) is 6.17. The van der Waals surface area contributed by atoms with Crippen LogP contribution in [0.2, 0.25) is 0 Å². The molecule has 0 amide bonds. The Labute approximate surface area is 85.9 Å². The first-order valence-corrected chi connectivity index (χ1v) is 5.14. The normalized spacial score (nSPS) is 26.1. The fourth-order valence-corrected chi connectivity index (χ4v) is 2.49. The summed E-state index contributed by atoms with van der Waals surface area (Å²) in [5.41, 5.74) is 7.89. The van der Waals surface area contributed by atoms with Crippen molar-refractivity contribution in [1.29, 1.82) is 0 Å². The van der Waals surface area contributed by atoms with E-state index in [1.165, 1.54) is 5.56 Å². The average Bonchev–Trinajstić information content (AvgIpc) is 2.47. The Kier molecular flexibility index (Phi) is 2.18. The van der Waals surface area contributed by atoms with Gasteiger partial charge in [0.1, 0.15) is 0 Å². The Hall–Kier alpha value is -0.380. The molecule has 0 radical (unpaired) electrons. The molecule has 2 nitrogen and oxygen atoms in total. The number of aliphatic hydroxyl groups excluding tert-OH is 1. The minimum atomic E-state index is -0.515.